The van der Waals surface area contributed by atoms with Crippen LogP contribution in [0.15, 0.2) is 16.8 Å². The van der Waals surface area contributed by atoms with Crippen molar-refractivity contribution in [3.8, 4) is 0 Å². The Bertz CT molecular complexity index is 238. The molecule has 2 nitrogen and oxygen atoms in total. The maximum absolute atomic E-state index is 9.87. The number of aliphatic hydroxyl groups is 1. The quantitative estimate of drug-likeness (QED) is 0.841. The fraction of sp³-hybridized carbons (Fsp3) is 0.600. The monoisotopic (exact) mass is 235 g/mol. The van der Waals surface area contributed by atoms with Crippen LogP contribution >= 0.6 is 23.7 Å². The molecule has 82 valence electrons. The van der Waals surface area contributed by atoms with Gasteiger partial charge in [-0.25, -0.2) is 0 Å². The first-order valence-electron chi connectivity index (χ1n) is 4.57. The molecule has 4 heteroatoms. The van der Waals surface area contributed by atoms with Crippen molar-refractivity contribution >= 4 is 23.7 Å². The first-order valence-corrected chi connectivity index (χ1v) is 5.51. The van der Waals surface area contributed by atoms with E-state index in [9.17, 15) is 5.11 Å². The molecular weight excluding hydrogens is 218 g/mol. The Morgan fingerprint density at radius 1 is 1.36 bits per heavy atom. The average molecular weight is 236 g/mol. The van der Waals surface area contributed by atoms with Gasteiger partial charge in [-0.15, -0.1) is 12.4 Å². The van der Waals surface area contributed by atoms with E-state index in [1.807, 2.05) is 23.8 Å². The van der Waals surface area contributed by atoms with Gasteiger partial charge in [0.25, 0.3) is 0 Å². The summed E-state index contributed by atoms with van der Waals surface area (Å²) in [7, 11) is 0. The number of hydrogen-bond acceptors (Lipinski definition) is 3. The second kappa shape index (κ2) is 6.40. The highest BCUT2D eigenvalue weighted by Crippen LogP contribution is 2.19. The molecule has 1 aromatic heterocycles. The molecule has 2 atom stereocenters. The molecule has 1 aromatic rings. The van der Waals surface area contributed by atoms with E-state index >= 15 is 0 Å². The van der Waals surface area contributed by atoms with Crippen LogP contribution in [0.4, 0.5) is 0 Å². The van der Waals surface area contributed by atoms with Crippen LogP contribution in [0.25, 0.3) is 0 Å². The van der Waals surface area contributed by atoms with Crippen molar-refractivity contribution < 1.29 is 5.11 Å². The molecule has 0 radical (unpaired) electrons. The van der Waals surface area contributed by atoms with Crippen LogP contribution in [0.2, 0.25) is 0 Å². The number of rotatable bonds is 4. The number of aliphatic hydroxyl groups excluding tert-OH is 1. The lowest BCUT2D eigenvalue weighted by Gasteiger charge is -2.21. The number of thiophene rings is 1. The van der Waals surface area contributed by atoms with Crippen molar-refractivity contribution in [2.24, 2.45) is 0 Å². The lowest BCUT2D eigenvalue weighted by atomic mass is 10.1. The highest BCUT2D eigenvalue weighted by Gasteiger charge is 2.16. The molecule has 0 amide bonds. The number of nitrogens with one attached hydrogen (secondary N) is 1. The minimum Gasteiger partial charge on any atom is -0.387 e. The summed E-state index contributed by atoms with van der Waals surface area (Å²) in [6.45, 7) is 6.16. The van der Waals surface area contributed by atoms with Crippen molar-refractivity contribution in [2.75, 3.05) is 0 Å². The largest absolute Gasteiger partial charge is 0.387 e. The van der Waals surface area contributed by atoms with E-state index in [0.29, 0.717) is 6.04 Å². The average Bonchev–Trinajstić information content (AvgIpc) is 2.53. The molecule has 14 heavy (non-hydrogen) atoms. The Hall–Kier alpha value is -0.0900. The predicted molar refractivity (Wildman–Crippen MR) is 64.3 cm³/mol. The Morgan fingerprint density at radius 2 is 2.00 bits per heavy atom. The Morgan fingerprint density at radius 3 is 2.43 bits per heavy atom. The van der Waals surface area contributed by atoms with Crippen molar-refractivity contribution in [3.63, 3.8) is 0 Å². The van der Waals surface area contributed by atoms with Crippen LogP contribution in [0.5, 0.6) is 0 Å². The van der Waals surface area contributed by atoms with Gasteiger partial charge >= 0.3 is 0 Å². The molecule has 2 unspecified atom stereocenters. The van der Waals surface area contributed by atoms with E-state index in [0.717, 1.165) is 5.56 Å². The van der Waals surface area contributed by atoms with Gasteiger partial charge in [0.15, 0.2) is 0 Å². The third kappa shape index (κ3) is 3.96. The zero-order valence-corrected chi connectivity index (χ0v) is 10.4. The van der Waals surface area contributed by atoms with E-state index in [1.165, 1.54) is 0 Å². The van der Waals surface area contributed by atoms with E-state index in [4.69, 9.17) is 0 Å². The van der Waals surface area contributed by atoms with Crippen molar-refractivity contribution in [1.82, 2.24) is 5.32 Å². The summed E-state index contributed by atoms with van der Waals surface area (Å²) in [5.74, 6) is 0. The maximum atomic E-state index is 9.87. The molecular formula is C10H18ClNOS. The van der Waals surface area contributed by atoms with Gasteiger partial charge in [0, 0.05) is 12.1 Å². The van der Waals surface area contributed by atoms with Crippen LogP contribution in [-0.2, 0) is 0 Å². The van der Waals surface area contributed by atoms with Gasteiger partial charge in [0.05, 0.1) is 6.10 Å². The van der Waals surface area contributed by atoms with Gasteiger partial charge in [-0.1, -0.05) is 13.8 Å². The summed E-state index contributed by atoms with van der Waals surface area (Å²) < 4.78 is 0. The fourth-order valence-electron chi connectivity index (χ4n) is 1.35. The molecule has 2 N–H and O–H groups in total. The maximum Gasteiger partial charge on any atom is 0.0948 e. The van der Waals surface area contributed by atoms with Gasteiger partial charge in [0.1, 0.15) is 0 Å². The van der Waals surface area contributed by atoms with Crippen LogP contribution in [-0.4, -0.2) is 17.2 Å². The standard InChI is InChI=1S/C10H17NOS.ClH/c1-7(2)11-8(3)10(12)9-4-5-13-6-9;/h4-8,10-12H,1-3H3;1H. The van der Waals surface area contributed by atoms with Crippen molar-refractivity contribution in [2.45, 2.75) is 39.0 Å². The minimum atomic E-state index is -0.395. The Labute approximate surface area is 95.8 Å². The van der Waals surface area contributed by atoms with E-state index in [-0.39, 0.29) is 18.4 Å². The third-order valence-corrected chi connectivity index (χ3v) is 2.66. The summed E-state index contributed by atoms with van der Waals surface area (Å²) in [6.07, 6.45) is -0.395. The van der Waals surface area contributed by atoms with Crippen molar-refractivity contribution in [3.05, 3.63) is 22.4 Å². The molecule has 0 saturated carbocycles. The second-order valence-corrected chi connectivity index (χ2v) is 4.39. The normalized spacial score (nSPS) is 14.9. The van der Waals surface area contributed by atoms with E-state index in [1.54, 1.807) is 11.3 Å². The molecule has 0 bridgehead atoms. The summed E-state index contributed by atoms with van der Waals surface area (Å²) in [4.78, 5) is 0. The molecule has 0 aliphatic heterocycles. The van der Waals surface area contributed by atoms with Gasteiger partial charge in [0.2, 0.25) is 0 Å². The minimum absolute atomic E-state index is 0. The highest BCUT2D eigenvalue weighted by atomic mass is 35.5. The molecule has 0 aromatic carbocycles. The molecule has 0 aliphatic carbocycles. The highest BCUT2D eigenvalue weighted by molar-refractivity contribution is 7.07. The first kappa shape index (κ1) is 13.9. The van der Waals surface area contributed by atoms with Crippen LogP contribution in [0.3, 0.4) is 0 Å². The predicted octanol–water partition coefficient (Wildman–Crippen LogP) is 2.59. The number of hydrogen-bond donors (Lipinski definition) is 2. The molecule has 1 rings (SSSR count). The zero-order chi connectivity index (χ0) is 9.84. The Balaban J connectivity index is 0.00000169. The summed E-state index contributed by atoms with van der Waals surface area (Å²) >= 11 is 1.62. The summed E-state index contributed by atoms with van der Waals surface area (Å²) in [5, 5.41) is 17.1. The lowest BCUT2D eigenvalue weighted by Crippen LogP contribution is -2.36. The van der Waals surface area contributed by atoms with Crippen LogP contribution in [0, 0.1) is 0 Å². The second-order valence-electron chi connectivity index (χ2n) is 3.61. The SMILES string of the molecule is CC(C)NC(C)C(O)c1ccsc1.Cl. The molecule has 0 saturated heterocycles. The fourth-order valence-corrected chi connectivity index (χ4v) is 2.04. The molecule has 0 aliphatic rings. The summed E-state index contributed by atoms with van der Waals surface area (Å²) in [5.41, 5.74) is 1.01. The lowest BCUT2D eigenvalue weighted by molar-refractivity contribution is 0.132. The third-order valence-electron chi connectivity index (χ3n) is 1.95. The van der Waals surface area contributed by atoms with Gasteiger partial charge in [-0.05, 0) is 29.3 Å². The first-order chi connectivity index (χ1) is 6.11. The summed E-state index contributed by atoms with van der Waals surface area (Å²) in [6, 6.07) is 2.48. The van der Waals surface area contributed by atoms with Crippen molar-refractivity contribution in [1.29, 1.82) is 0 Å². The van der Waals surface area contributed by atoms with Gasteiger partial charge in [-0.3, -0.25) is 0 Å². The van der Waals surface area contributed by atoms with E-state index < -0.39 is 6.10 Å². The molecule has 0 fully saturated rings. The zero-order valence-electron chi connectivity index (χ0n) is 8.73. The van der Waals surface area contributed by atoms with Gasteiger partial charge < -0.3 is 10.4 Å². The molecule has 0 spiro atoms. The molecule has 1 heterocycles. The topological polar surface area (TPSA) is 32.3 Å². The number of halogens is 1. The smallest absolute Gasteiger partial charge is 0.0948 e. The van der Waals surface area contributed by atoms with Crippen LogP contribution in [0.1, 0.15) is 32.4 Å². The van der Waals surface area contributed by atoms with E-state index in [2.05, 4.69) is 19.2 Å². The van der Waals surface area contributed by atoms with Gasteiger partial charge in [-0.2, -0.15) is 11.3 Å². The van der Waals surface area contributed by atoms with Crippen LogP contribution < -0.4 is 5.32 Å². The Kier molecular flexibility index (Phi) is 6.36.